The van der Waals surface area contributed by atoms with E-state index >= 15 is 0 Å². The van der Waals surface area contributed by atoms with Crippen LogP contribution < -0.4 is 5.32 Å². The quantitative estimate of drug-likeness (QED) is 0.447. The van der Waals surface area contributed by atoms with Gasteiger partial charge < -0.3 is 10.4 Å². The van der Waals surface area contributed by atoms with Crippen LogP contribution >= 0.6 is 12.2 Å². The zero-order valence-electron chi connectivity index (χ0n) is 5.42. The summed E-state index contributed by atoms with van der Waals surface area (Å²) in [5, 5.41) is 11.2. The zero-order valence-corrected chi connectivity index (χ0v) is 6.24. The first-order valence-corrected chi connectivity index (χ1v) is 3.23. The molecule has 3 heteroatoms. The van der Waals surface area contributed by atoms with Crippen LogP contribution in [0.5, 0.6) is 0 Å². The van der Waals surface area contributed by atoms with Crippen molar-refractivity contribution in [1.29, 1.82) is 0 Å². The predicted molar refractivity (Wildman–Crippen MR) is 42.5 cm³/mol. The monoisotopic (exact) mass is 145 g/mol. The van der Waals surface area contributed by atoms with Crippen LogP contribution in [0.2, 0.25) is 0 Å². The largest absolute Gasteiger partial charge is 0.395 e. The molecule has 0 amide bonds. The van der Waals surface area contributed by atoms with Crippen molar-refractivity contribution in [3.8, 4) is 0 Å². The Morgan fingerprint density at radius 1 is 1.78 bits per heavy atom. The van der Waals surface area contributed by atoms with Crippen molar-refractivity contribution >= 4 is 17.2 Å². The molecule has 2 nitrogen and oxygen atoms in total. The summed E-state index contributed by atoms with van der Waals surface area (Å²) in [5.41, 5.74) is 0. The third-order valence-corrected chi connectivity index (χ3v) is 1.01. The summed E-state index contributed by atoms with van der Waals surface area (Å²) in [6, 6.07) is 0. The van der Waals surface area contributed by atoms with Crippen molar-refractivity contribution in [3.05, 3.63) is 12.2 Å². The maximum atomic E-state index is 8.34. The number of allylic oxidation sites excluding steroid dienone is 1. The van der Waals surface area contributed by atoms with Crippen LogP contribution in [0.15, 0.2) is 12.2 Å². The molecule has 0 atom stereocenters. The molecule has 0 radical (unpaired) electrons. The molecule has 0 unspecified atom stereocenters. The minimum Gasteiger partial charge on any atom is -0.395 e. The smallest absolute Gasteiger partial charge is 0.0985 e. The van der Waals surface area contributed by atoms with Gasteiger partial charge in [0.2, 0.25) is 0 Å². The number of thiocarbonyl (C=S) groups is 1. The molecule has 9 heavy (non-hydrogen) atoms. The van der Waals surface area contributed by atoms with Gasteiger partial charge >= 0.3 is 0 Å². The van der Waals surface area contributed by atoms with E-state index in [1.165, 1.54) is 0 Å². The standard InChI is InChI=1S/C6H11NOS/c1-2-3-6(9)7-4-5-8/h2-3,8H,4-5H2,1H3,(H,7,9). The molecule has 0 aromatic heterocycles. The fourth-order valence-corrected chi connectivity index (χ4v) is 0.628. The van der Waals surface area contributed by atoms with Crippen molar-refractivity contribution in [2.75, 3.05) is 13.2 Å². The van der Waals surface area contributed by atoms with E-state index in [2.05, 4.69) is 5.32 Å². The van der Waals surface area contributed by atoms with Gasteiger partial charge in [-0.1, -0.05) is 18.3 Å². The van der Waals surface area contributed by atoms with Crippen molar-refractivity contribution in [1.82, 2.24) is 5.32 Å². The first kappa shape index (κ1) is 8.59. The Hall–Kier alpha value is -0.410. The Morgan fingerprint density at radius 3 is 2.89 bits per heavy atom. The Balaban J connectivity index is 3.27. The van der Waals surface area contributed by atoms with Crippen LogP contribution in [0.4, 0.5) is 0 Å². The molecular formula is C6H11NOS. The predicted octanol–water partition coefficient (Wildman–Crippen LogP) is 0.472. The van der Waals surface area contributed by atoms with Gasteiger partial charge in [-0.3, -0.25) is 0 Å². The molecular weight excluding hydrogens is 134 g/mol. The second-order valence-corrected chi connectivity index (χ2v) is 1.95. The van der Waals surface area contributed by atoms with Gasteiger partial charge in [-0.2, -0.15) is 0 Å². The van der Waals surface area contributed by atoms with Gasteiger partial charge in [-0.15, -0.1) is 0 Å². The Kier molecular flexibility index (Phi) is 5.46. The molecule has 0 saturated carbocycles. The second kappa shape index (κ2) is 5.72. The van der Waals surface area contributed by atoms with Gasteiger partial charge in [0.25, 0.3) is 0 Å². The highest BCUT2D eigenvalue weighted by Gasteiger charge is 1.84. The van der Waals surface area contributed by atoms with Crippen LogP contribution in [0.1, 0.15) is 6.92 Å². The van der Waals surface area contributed by atoms with Crippen LogP contribution in [0, 0.1) is 0 Å². The third-order valence-electron chi connectivity index (χ3n) is 0.729. The Labute approximate surface area is 60.6 Å². The molecule has 0 aliphatic rings. The molecule has 0 saturated heterocycles. The fourth-order valence-electron chi connectivity index (χ4n) is 0.389. The molecule has 0 aromatic rings. The van der Waals surface area contributed by atoms with Crippen LogP contribution in [-0.4, -0.2) is 23.2 Å². The van der Waals surface area contributed by atoms with E-state index in [1.807, 2.05) is 13.0 Å². The molecule has 0 aliphatic carbocycles. The SMILES string of the molecule is CC=CC(=S)NCCO. The average Bonchev–Trinajstić information content (AvgIpc) is 1.85. The van der Waals surface area contributed by atoms with E-state index in [9.17, 15) is 0 Å². The Morgan fingerprint density at radius 2 is 2.44 bits per heavy atom. The topological polar surface area (TPSA) is 32.3 Å². The molecule has 52 valence electrons. The van der Waals surface area contributed by atoms with Crippen molar-refractivity contribution in [2.24, 2.45) is 0 Å². The maximum absolute atomic E-state index is 8.34. The van der Waals surface area contributed by atoms with Gasteiger partial charge in [-0.25, -0.2) is 0 Å². The maximum Gasteiger partial charge on any atom is 0.0985 e. The van der Waals surface area contributed by atoms with Crippen molar-refractivity contribution in [2.45, 2.75) is 6.92 Å². The molecule has 2 N–H and O–H groups in total. The van der Waals surface area contributed by atoms with Crippen LogP contribution in [0.3, 0.4) is 0 Å². The van der Waals surface area contributed by atoms with Gasteiger partial charge in [0.1, 0.15) is 0 Å². The molecule has 0 bridgehead atoms. The lowest BCUT2D eigenvalue weighted by Gasteiger charge is -1.98. The molecule has 0 aliphatic heterocycles. The highest BCUT2D eigenvalue weighted by atomic mass is 32.1. The second-order valence-electron chi connectivity index (χ2n) is 1.51. The van der Waals surface area contributed by atoms with Gasteiger partial charge in [0, 0.05) is 6.54 Å². The molecule has 0 heterocycles. The summed E-state index contributed by atoms with van der Waals surface area (Å²) in [6.07, 6.45) is 3.64. The number of hydrogen-bond donors (Lipinski definition) is 2. The average molecular weight is 145 g/mol. The third kappa shape index (κ3) is 5.46. The summed E-state index contributed by atoms with van der Waals surface area (Å²) in [4.78, 5) is 0.673. The molecule has 0 rings (SSSR count). The van der Waals surface area contributed by atoms with Crippen LogP contribution in [-0.2, 0) is 0 Å². The van der Waals surface area contributed by atoms with E-state index in [0.29, 0.717) is 11.5 Å². The highest BCUT2D eigenvalue weighted by molar-refractivity contribution is 7.80. The summed E-state index contributed by atoms with van der Waals surface area (Å²) in [6.45, 7) is 2.55. The number of hydrogen-bond acceptors (Lipinski definition) is 2. The van der Waals surface area contributed by atoms with Crippen LogP contribution in [0.25, 0.3) is 0 Å². The normalized spacial score (nSPS) is 10.0. The van der Waals surface area contributed by atoms with Gasteiger partial charge in [0.15, 0.2) is 0 Å². The lowest BCUT2D eigenvalue weighted by Crippen LogP contribution is -2.22. The number of rotatable bonds is 3. The lowest BCUT2D eigenvalue weighted by molar-refractivity contribution is 0.301. The van der Waals surface area contributed by atoms with E-state index < -0.39 is 0 Å². The lowest BCUT2D eigenvalue weighted by atomic mass is 10.5. The minimum absolute atomic E-state index is 0.123. The Bertz CT molecular complexity index is 112. The molecule has 0 aromatic carbocycles. The number of aliphatic hydroxyl groups excluding tert-OH is 1. The van der Waals surface area contributed by atoms with E-state index in [1.54, 1.807) is 6.08 Å². The summed E-state index contributed by atoms with van der Waals surface area (Å²) >= 11 is 4.81. The summed E-state index contributed by atoms with van der Waals surface area (Å²) in [7, 11) is 0. The van der Waals surface area contributed by atoms with E-state index in [0.717, 1.165) is 0 Å². The first-order chi connectivity index (χ1) is 4.31. The zero-order chi connectivity index (χ0) is 7.11. The minimum atomic E-state index is 0.123. The molecule has 0 spiro atoms. The fraction of sp³-hybridized carbons (Fsp3) is 0.500. The number of nitrogens with one attached hydrogen (secondary N) is 1. The van der Waals surface area contributed by atoms with Gasteiger partial charge in [-0.05, 0) is 13.0 Å². The van der Waals surface area contributed by atoms with E-state index in [4.69, 9.17) is 17.3 Å². The first-order valence-electron chi connectivity index (χ1n) is 2.82. The summed E-state index contributed by atoms with van der Waals surface area (Å²) < 4.78 is 0. The summed E-state index contributed by atoms with van der Waals surface area (Å²) in [5.74, 6) is 0. The van der Waals surface area contributed by atoms with Crippen molar-refractivity contribution < 1.29 is 5.11 Å². The number of aliphatic hydroxyl groups is 1. The van der Waals surface area contributed by atoms with E-state index in [-0.39, 0.29) is 6.61 Å². The highest BCUT2D eigenvalue weighted by Crippen LogP contribution is 1.74. The van der Waals surface area contributed by atoms with Gasteiger partial charge in [0.05, 0.1) is 11.6 Å². The van der Waals surface area contributed by atoms with Crippen molar-refractivity contribution in [3.63, 3.8) is 0 Å². The molecule has 0 fully saturated rings.